The van der Waals surface area contributed by atoms with Crippen molar-refractivity contribution < 1.29 is 13.2 Å². The first-order valence-electron chi connectivity index (χ1n) is 9.50. The van der Waals surface area contributed by atoms with Crippen LogP contribution in [0, 0.1) is 11.6 Å². The molecule has 0 amide bonds. The highest BCUT2D eigenvalue weighted by Crippen LogP contribution is 2.27. The van der Waals surface area contributed by atoms with Gasteiger partial charge in [0.05, 0.1) is 11.9 Å². The minimum Gasteiger partial charge on any atom is -0.460 e. The van der Waals surface area contributed by atoms with Crippen molar-refractivity contribution in [1.29, 1.82) is 0 Å². The summed E-state index contributed by atoms with van der Waals surface area (Å²) in [6.07, 6.45) is 3.18. The average molecular weight is 419 g/mol. The van der Waals surface area contributed by atoms with Gasteiger partial charge in [0.25, 0.3) is 0 Å². The summed E-state index contributed by atoms with van der Waals surface area (Å²) in [6, 6.07) is 9.80. The van der Waals surface area contributed by atoms with Crippen LogP contribution in [-0.4, -0.2) is 26.5 Å². The minimum absolute atomic E-state index is 0.133. The molecule has 0 aliphatic carbocycles. The van der Waals surface area contributed by atoms with Gasteiger partial charge in [-0.25, -0.2) is 23.7 Å². The molecule has 0 radical (unpaired) electrons. The molecule has 154 valence electrons. The van der Waals surface area contributed by atoms with Gasteiger partial charge in [0.15, 0.2) is 11.5 Å². The van der Waals surface area contributed by atoms with Crippen LogP contribution in [0.2, 0.25) is 0 Å². The van der Waals surface area contributed by atoms with E-state index < -0.39 is 17.1 Å². The monoisotopic (exact) mass is 419 g/mol. The van der Waals surface area contributed by atoms with Crippen molar-refractivity contribution in [2.45, 2.75) is 6.42 Å². The van der Waals surface area contributed by atoms with Crippen molar-refractivity contribution in [1.82, 2.24) is 19.9 Å². The number of hydrogen-bond acceptors (Lipinski definition) is 6. The highest BCUT2D eigenvalue weighted by Gasteiger charge is 2.19. The molecular weight excluding hydrogens is 404 g/mol. The molecule has 2 N–H and O–H groups in total. The lowest BCUT2D eigenvalue weighted by Crippen LogP contribution is -2.14. The number of aromatic nitrogens is 4. The van der Waals surface area contributed by atoms with Gasteiger partial charge in [0, 0.05) is 13.0 Å². The van der Waals surface area contributed by atoms with Gasteiger partial charge in [-0.1, -0.05) is 18.2 Å². The van der Waals surface area contributed by atoms with Crippen LogP contribution in [-0.2, 0) is 6.42 Å². The fraction of sp³-hybridized carbons (Fsp3) is 0.0909. The Labute approximate surface area is 173 Å². The fourth-order valence-corrected chi connectivity index (χ4v) is 3.55. The normalized spacial score (nSPS) is 11.3. The van der Waals surface area contributed by atoms with Gasteiger partial charge >= 0.3 is 0 Å². The summed E-state index contributed by atoms with van der Waals surface area (Å²) in [4.78, 5) is 28.5. The number of fused-ring (bicyclic) bond motifs is 2. The maximum atomic E-state index is 14.4. The number of hydrogen-bond donors (Lipinski definition) is 2. The number of nitrogens with one attached hydrogen (secondary N) is 2. The van der Waals surface area contributed by atoms with Gasteiger partial charge in [0.1, 0.15) is 40.2 Å². The Hall–Kier alpha value is -4.14. The van der Waals surface area contributed by atoms with Gasteiger partial charge in [-0.15, -0.1) is 0 Å². The van der Waals surface area contributed by atoms with E-state index in [0.717, 1.165) is 0 Å². The number of benzene rings is 2. The fourth-order valence-electron chi connectivity index (χ4n) is 3.55. The van der Waals surface area contributed by atoms with Crippen molar-refractivity contribution in [2.24, 2.45) is 0 Å². The standard InChI is InChI=1S/C22H15F2N5O2/c23-13-4-1-3-12(9-13)17-16(31-15-6-2-5-14(24)18(15)20(17)30)7-8-25-21-19-22(27-10-26-19)29-11-28-21/h1-6,9-11H,7-8H2,(H2,25,26,27,28,29). The van der Waals surface area contributed by atoms with Crippen LogP contribution in [0.5, 0.6) is 0 Å². The van der Waals surface area contributed by atoms with Gasteiger partial charge in [0.2, 0.25) is 5.43 Å². The van der Waals surface area contributed by atoms with E-state index in [1.54, 1.807) is 6.07 Å². The quantitative estimate of drug-likeness (QED) is 0.446. The first-order chi connectivity index (χ1) is 15.1. The summed E-state index contributed by atoms with van der Waals surface area (Å²) < 4.78 is 34.1. The molecule has 7 nitrogen and oxygen atoms in total. The zero-order valence-corrected chi connectivity index (χ0v) is 16.0. The molecule has 3 heterocycles. The van der Waals surface area contributed by atoms with Crippen LogP contribution in [0.25, 0.3) is 33.3 Å². The molecule has 9 heteroatoms. The lowest BCUT2D eigenvalue weighted by molar-refractivity contribution is 0.538. The maximum Gasteiger partial charge on any atom is 0.203 e. The van der Waals surface area contributed by atoms with Crippen LogP contribution in [0.4, 0.5) is 14.6 Å². The topological polar surface area (TPSA) is 96.7 Å². The van der Waals surface area contributed by atoms with Gasteiger partial charge in [-0.2, -0.15) is 0 Å². The van der Waals surface area contributed by atoms with Gasteiger partial charge < -0.3 is 14.7 Å². The molecule has 0 bridgehead atoms. The number of aromatic amines is 1. The molecular formula is C22H15F2N5O2. The van der Waals surface area contributed by atoms with E-state index in [1.807, 2.05) is 0 Å². The molecule has 0 aliphatic rings. The van der Waals surface area contributed by atoms with Crippen molar-refractivity contribution >= 4 is 28.0 Å². The largest absolute Gasteiger partial charge is 0.460 e. The zero-order valence-electron chi connectivity index (χ0n) is 16.0. The predicted octanol–water partition coefficient (Wildman–Crippen LogP) is 4.06. The van der Waals surface area contributed by atoms with Crippen LogP contribution in [0.1, 0.15) is 5.76 Å². The Morgan fingerprint density at radius 3 is 2.81 bits per heavy atom. The number of imidazole rings is 1. The van der Waals surface area contributed by atoms with E-state index in [-0.39, 0.29) is 23.0 Å². The Kier molecular flexibility index (Phi) is 4.62. The Morgan fingerprint density at radius 1 is 1.06 bits per heavy atom. The van der Waals surface area contributed by atoms with Crippen molar-refractivity contribution in [3.8, 4) is 11.1 Å². The van der Waals surface area contributed by atoms with Gasteiger partial charge in [-0.3, -0.25) is 4.79 Å². The third-order valence-corrected chi connectivity index (χ3v) is 4.92. The second kappa shape index (κ2) is 7.60. The molecule has 0 atom stereocenters. The summed E-state index contributed by atoms with van der Waals surface area (Å²) in [5.41, 5.74) is 1.22. The SMILES string of the molecule is O=c1c(-c2cccc(F)c2)c(CCNc2ncnc3nc[nH]c23)oc2cccc(F)c12. The third-order valence-electron chi connectivity index (χ3n) is 4.92. The number of anilines is 1. The number of halogens is 2. The second-order valence-corrected chi connectivity index (χ2v) is 6.85. The van der Waals surface area contributed by atoms with Crippen molar-refractivity contribution in [2.75, 3.05) is 11.9 Å². The van der Waals surface area contributed by atoms with E-state index in [9.17, 15) is 13.6 Å². The molecule has 0 saturated heterocycles. The molecule has 0 fully saturated rings. The lowest BCUT2D eigenvalue weighted by atomic mass is 10.0. The van der Waals surface area contributed by atoms with Gasteiger partial charge in [-0.05, 0) is 29.8 Å². The molecule has 0 aliphatic heterocycles. The smallest absolute Gasteiger partial charge is 0.203 e. The van der Waals surface area contributed by atoms with E-state index >= 15 is 0 Å². The first kappa shape index (κ1) is 18.9. The number of rotatable bonds is 5. The van der Waals surface area contributed by atoms with E-state index in [0.29, 0.717) is 34.9 Å². The average Bonchev–Trinajstić information content (AvgIpc) is 3.23. The molecule has 0 saturated carbocycles. The second-order valence-electron chi connectivity index (χ2n) is 6.85. The maximum absolute atomic E-state index is 14.4. The first-order valence-corrected chi connectivity index (χ1v) is 9.50. The molecule has 0 unspecified atom stereocenters. The highest BCUT2D eigenvalue weighted by molar-refractivity contribution is 5.84. The third kappa shape index (κ3) is 3.39. The molecule has 0 spiro atoms. The van der Waals surface area contributed by atoms with Crippen LogP contribution < -0.4 is 10.7 Å². The van der Waals surface area contributed by atoms with E-state index in [1.165, 1.54) is 49.1 Å². The Bertz CT molecular complexity index is 1480. The summed E-state index contributed by atoms with van der Waals surface area (Å²) in [5, 5.41) is 3.00. The minimum atomic E-state index is -0.684. The summed E-state index contributed by atoms with van der Waals surface area (Å²) in [7, 11) is 0. The van der Waals surface area contributed by atoms with Crippen molar-refractivity contribution in [3.63, 3.8) is 0 Å². The van der Waals surface area contributed by atoms with Crippen LogP contribution in [0.3, 0.4) is 0 Å². The van der Waals surface area contributed by atoms with Crippen LogP contribution >= 0.6 is 0 Å². The molecule has 5 aromatic rings. The summed E-state index contributed by atoms with van der Waals surface area (Å²) in [5.74, 6) is -0.325. The summed E-state index contributed by atoms with van der Waals surface area (Å²) >= 11 is 0. The van der Waals surface area contributed by atoms with Crippen LogP contribution in [0.15, 0.2) is 64.3 Å². The Morgan fingerprint density at radius 2 is 1.94 bits per heavy atom. The predicted molar refractivity (Wildman–Crippen MR) is 112 cm³/mol. The molecule has 31 heavy (non-hydrogen) atoms. The molecule has 5 rings (SSSR count). The van der Waals surface area contributed by atoms with E-state index in [4.69, 9.17) is 4.42 Å². The summed E-state index contributed by atoms with van der Waals surface area (Å²) in [6.45, 7) is 0.344. The molecule has 3 aromatic heterocycles. The number of nitrogens with zero attached hydrogens (tertiary/aromatic N) is 3. The molecule has 2 aromatic carbocycles. The van der Waals surface area contributed by atoms with E-state index in [2.05, 4.69) is 25.3 Å². The van der Waals surface area contributed by atoms with Crippen molar-refractivity contribution in [3.05, 3.63) is 82.7 Å². The Balaban J connectivity index is 1.56. The number of H-pyrrole nitrogens is 1. The highest BCUT2D eigenvalue weighted by atomic mass is 19.1. The lowest BCUT2D eigenvalue weighted by Gasteiger charge is -2.12. The zero-order chi connectivity index (χ0) is 21.4.